The van der Waals surface area contributed by atoms with Gasteiger partial charge in [-0.25, -0.2) is 0 Å². The minimum Gasteiger partial charge on any atom is -0.486 e. The molecule has 0 bridgehead atoms. The molecule has 0 radical (unpaired) electrons. The van der Waals surface area contributed by atoms with Crippen LogP contribution in [0.2, 0.25) is 0 Å². The predicted molar refractivity (Wildman–Crippen MR) is 109 cm³/mol. The molecule has 0 spiro atoms. The minimum absolute atomic E-state index is 0.0222. The van der Waals surface area contributed by atoms with E-state index in [4.69, 9.17) is 9.47 Å². The maximum Gasteiger partial charge on any atom is 0.254 e. The second kappa shape index (κ2) is 7.38. The SMILES string of the molecule is O=C(c1ccc2c(c1)OCCO2)N1CCC(O)(c2ccccc2)C2CCCCC21. The smallest absolute Gasteiger partial charge is 0.254 e. The summed E-state index contributed by atoms with van der Waals surface area (Å²) in [6.07, 6.45) is 4.64. The highest BCUT2D eigenvalue weighted by molar-refractivity contribution is 5.95. The third-order valence-corrected chi connectivity index (χ3v) is 6.80. The van der Waals surface area contributed by atoms with Crippen LogP contribution in [0.25, 0.3) is 0 Å². The number of hydrogen-bond donors (Lipinski definition) is 1. The van der Waals surface area contributed by atoms with Crippen LogP contribution in [0, 0.1) is 5.92 Å². The highest BCUT2D eigenvalue weighted by Crippen LogP contribution is 2.47. The maximum atomic E-state index is 13.4. The van der Waals surface area contributed by atoms with E-state index in [0.717, 1.165) is 31.2 Å². The molecular weight excluding hydrogens is 366 g/mol. The molecule has 1 amide bonds. The lowest BCUT2D eigenvalue weighted by atomic mass is 9.66. The van der Waals surface area contributed by atoms with E-state index in [0.29, 0.717) is 43.2 Å². The fourth-order valence-electron chi connectivity index (χ4n) is 5.36. The van der Waals surface area contributed by atoms with Crippen molar-refractivity contribution in [1.29, 1.82) is 0 Å². The first-order valence-corrected chi connectivity index (χ1v) is 10.7. The summed E-state index contributed by atoms with van der Waals surface area (Å²) < 4.78 is 11.2. The van der Waals surface area contributed by atoms with Crippen molar-refractivity contribution in [2.75, 3.05) is 19.8 Å². The molecule has 1 saturated carbocycles. The molecule has 0 aromatic heterocycles. The number of amides is 1. The number of nitrogens with zero attached hydrogens (tertiary/aromatic N) is 1. The van der Waals surface area contributed by atoms with Crippen LogP contribution in [-0.4, -0.2) is 41.7 Å². The van der Waals surface area contributed by atoms with E-state index in [-0.39, 0.29) is 17.9 Å². The molecule has 1 aliphatic carbocycles. The largest absolute Gasteiger partial charge is 0.486 e. The number of benzene rings is 2. The van der Waals surface area contributed by atoms with Gasteiger partial charge in [-0.2, -0.15) is 0 Å². The van der Waals surface area contributed by atoms with Crippen molar-refractivity contribution in [3.8, 4) is 11.5 Å². The Morgan fingerprint density at radius 2 is 1.76 bits per heavy atom. The van der Waals surface area contributed by atoms with E-state index in [1.165, 1.54) is 0 Å². The Balaban J connectivity index is 1.44. The summed E-state index contributed by atoms with van der Waals surface area (Å²) in [7, 11) is 0. The average Bonchev–Trinajstić information content (AvgIpc) is 2.79. The number of rotatable bonds is 2. The Labute approximate surface area is 171 Å². The van der Waals surface area contributed by atoms with Crippen molar-refractivity contribution < 1.29 is 19.4 Å². The Kier molecular flexibility index (Phi) is 4.70. The van der Waals surface area contributed by atoms with E-state index in [1.54, 1.807) is 6.07 Å². The van der Waals surface area contributed by atoms with Gasteiger partial charge in [-0.05, 0) is 43.0 Å². The van der Waals surface area contributed by atoms with Crippen LogP contribution >= 0.6 is 0 Å². The van der Waals surface area contributed by atoms with Gasteiger partial charge in [-0.1, -0.05) is 43.2 Å². The molecule has 29 heavy (non-hydrogen) atoms. The van der Waals surface area contributed by atoms with Crippen LogP contribution in [0.15, 0.2) is 48.5 Å². The van der Waals surface area contributed by atoms with Gasteiger partial charge in [0, 0.05) is 24.1 Å². The molecule has 2 aromatic carbocycles. The monoisotopic (exact) mass is 393 g/mol. The van der Waals surface area contributed by atoms with Crippen LogP contribution in [0.4, 0.5) is 0 Å². The topological polar surface area (TPSA) is 59.0 Å². The molecule has 1 N–H and O–H groups in total. The molecule has 2 fully saturated rings. The number of carbonyl (C=O) groups is 1. The Bertz CT molecular complexity index is 899. The number of hydrogen-bond acceptors (Lipinski definition) is 4. The Morgan fingerprint density at radius 1 is 1.00 bits per heavy atom. The first kappa shape index (κ1) is 18.5. The third kappa shape index (κ3) is 3.18. The lowest BCUT2D eigenvalue weighted by molar-refractivity contribution is -0.110. The maximum absolute atomic E-state index is 13.4. The highest BCUT2D eigenvalue weighted by atomic mass is 16.6. The Hall–Kier alpha value is -2.53. The number of ether oxygens (including phenoxy) is 2. The second-order valence-corrected chi connectivity index (χ2v) is 8.36. The number of likely N-dealkylation sites (tertiary alicyclic amines) is 1. The molecule has 2 aliphatic heterocycles. The number of piperidine rings is 1. The van der Waals surface area contributed by atoms with Gasteiger partial charge in [-0.3, -0.25) is 4.79 Å². The standard InChI is InChI=1S/C24H27NO4/c26-23(17-10-11-21-22(16-17)29-15-14-28-21)25-13-12-24(27,18-6-2-1-3-7-18)19-8-4-5-9-20(19)25/h1-3,6-7,10-11,16,19-20,27H,4-5,8-9,12-15H2. The predicted octanol–water partition coefficient (Wildman–Crippen LogP) is 3.75. The van der Waals surface area contributed by atoms with Crippen molar-refractivity contribution >= 4 is 5.91 Å². The fraction of sp³-hybridized carbons (Fsp3) is 0.458. The molecule has 2 heterocycles. The van der Waals surface area contributed by atoms with Gasteiger partial charge in [0.25, 0.3) is 5.91 Å². The first-order valence-electron chi connectivity index (χ1n) is 10.7. The first-order chi connectivity index (χ1) is 14.2. The molecule has 5 rings (SSSR count). The van der Waals surface area contributed by atoms with Gasteiger partial charge in [0.2, 0.25) is 0 Å². The molecule has 5 heteroatoms. The van der Waals surface area contributed by atoms with E-state index in [2.05, 4.69) is 0 Å². The fourth-order valence-corrected chi connectivity index (χ4v) is 5.36. The van der Waals surface area contributed by atoms with Crippen molar-refractivity contribution in [1.82, 2.24) is 4.90 Å². The summed E-state index contributed by atoms with van der Waals surface area (Å²) >= 11 is 0. The molecule has 1 saturated heterocycles. The summed E-state index contributed by atoms with van der Waals surface area (Å²) in [5.41, 5.74) is 0.739. The third-order valence-electron chi connectivity index (χ3n) is 6.80. The van der Waals surface area contributed by atoms with Crippen LogP contribution in [0.3, 0.4) is 0 Å². The average molecular weight is 393 g/mol. The van der Waals surface area contributed by atoms with Crippen molar-refractivity contribution in [2.24, 2.45) is 5.92 Å². The van der Waals surface area contributed by atoms with E-state index in [9.17, 15) is 9.90 Å². The van der Waals surface area contributed by atoms with Gasteiger partial charge in [-0.15, -0.1) is 0 Å². The second-order valence-electron chi connectivity index (χ2n) is 8.36. The van der Waals surface area contributed by atoms with Gasteiger partial charge in [0.1, 0.15) is 13.2 Å². The van der Waals surface area contributed by atoms with Crippen molar-refractivity contribution in [3.05, 3.63) is 59.7 Å². The van der Waals surface area contributed by atoms with Gasteiger partial charge in [0.05, 0.1) is 5.60 Å². The summed E-state index contributed by atoms with van der Waals surface area (Å²) in [4.78, 5) is 15.4. The lowest BCUT2D eigenvalue weighted by Gasteiger charge is -2.52. The molecule has 3 aliphatic rings. The quantitative estimate of drug-likeness (QED) is 0.844. The minimum atomic E-state index is -0.865. The molecule has 2 aromatic rings. The van der Waals surface area contributed by atoms with E-state index in [1.807, 2.05) is 47.4 Å². The normalized spacial score (nSPS) is 28.5. The molecule has 3 atom stereocenters. The number of carbonyl (C=O) groups excluding carboxylic acids is 1. The van der Waals surface area contributed by atoms with Crippen LogP contribution in [-0.2, 0) is 5.60 Å². The zero-order valence-corrected chi connectivity index (χ0v) is 16.5. The van der Waals surface area contributed by atoms with Crippen LogP contribution < -0.4 is 9.47 Å². The number of fused-ring (bicyclic) bond motifs is 2. The van der Waals surface area contributed by atoms with E-state index < -0.39 is 5.60 Å². The molecule has 152 valence electrons. The zero-order chi connectivity index (χ0) is 19.8. The molecule has 5 nitrogen and oxygen atoms in total. The summed E-state index contributed by atoms with van der Waals surface area (Å²) in [6, 6.07) is 15.5. The van der Waals surface area contributed by atoms with Crippen molar-refractivity contribution in [2.45, 2.75) is 43.7 Å². The van der Waals surface area contributed by atoms with Gasteiger partial charge in [0.15, 0.2) is 11.5 Å². The summed E-state index contributed by atoms with van der Waals surface area (Å²) in [5, 5.41) is 11.7. The highest BCUT2D eigenvalue weighted by Gasteiger charge is 2.50. The Morgan fingerprint density at radius 3 is 2.59 bits per heavy atom. The molecule has 3 unspecified atom stereocenters. The molecular formula is C24H27NO4. The summed E-state index contributed by atoms with van der Waals surface area (Å²) in [6.45, 7) is 1.59. The summed E-state index contributed by atoms with van der Waals surface area (Å²) in [5.74, 6) is 1.42. The van der Waals surface area contributed by atoms with Gasteiger partial charge < -0.3 is 19.5 Å². The van der Waals surface area contributed by atoms with Crippen LogP contribution in [0.1, 0.15) is 48.0 Å². The van der Waals surface area contributed by atoms with Gasteiger partial charge >= 0.3 is 0 Å². The van der Waals surface area contributed by atoms with E-state index >= 15 is 0 Å². The lowest BCUT2D eigenvalue weighted by Crippen LogP contribution is -2.59. The van der Waals surface area contributed by atoms with Crippen LogP contribution in [0.5, 0.6) is 11.5 Å². The van der Waals surface area contributed by atoms with Crippen molar-refractivity contribution in [3.63, 3.8) is 0 Å². The number of aliphatic hydroxyl groups is 1. The zero-order valence-electron chi connectivity index (χ0n) is 16.5.